The zero-order chi connectivity index (χ0) is 20.0. The molecule has 5 rings (SSSR count). The van der Waals surface area contributed by atoms with Crippen LogP contribution in [0, 0.1) is 23.7 Å². The summed E-state index contributed by atoms with van der Waals surface area (Å²) in [6.45, 7) is 2.13. The number of likely N-dealkylation sites (tertiary alicyclic amines) is 1. The van der Waals surface area contributed by atoms with Gasteiger partial charge in [0.05, 0.1) is 5.92 Å². The van der Waals surface area contributed by atoms with Gasteiger partial charge in [-0.25, -0.2) is 0 Å². The predicted molar refractivity (Wildman–Crippen MR) is 119 cm³/mol. The minimum absolute atomic E-state index is 0. The largest absolute Gasteiger partial charge is 0.342 e. The summed E-state index contributed by atoms with van der Waals surface area (Å²) < 4.78 is 0. The molecule has 2 amide bonds. The lowest BCUT2D eigenvalue weighted by atomic mass is 9.83. The number of carbonyl (C=O) groups excluding carboxylic acids is 2. The van der Waals surface area contributed by atoms with Crippen molar-refractivity contribution in [2.24, 2.45) is 29.4 Å². The molecule has 1 saturated heterocycles. The van der Waals surface area contributed by atoms with Gasteiger partial charge >= 0.3 is 0 Å². The molecule has 1 aromatic carbocycles. The summed E-state index contributed by atoms with van der Waals surface area (Å²) in [4.78, 5) is 30.5. The maximum Gasteiger partial charge on any atom is 0.227 e. The van der Waals surface area contributed by atoms with E-state index < -0.39 is 0 Å². The fourth-order valence-corrected chi connectivity index (χ4v) is 6.05. The quantitative estimate of drug-likeness (QED) is 0.778. The first kappa shape index (κ1) is 21.6. The summed E-state index contributed by atoms with van der Waals surface area (Å²) in [6, 6.07) is 10.8. The number of fused-ring (bicyclic) bond motifs is 2. The van der Waals surface area contributed by atoms with Gasteiger partial charge in [0.1, 0.15) is 0 Å². The highest BCUT2D eigenvalue weighted by atomic mass is 35.5. The van der Waals surface area contributed by atoms with E-state index in [1.165, 1.54) is 18.4 Å². The molecule has 4 atom stereocenters. The molecule has 4 fully saturated rings. The Morgan fingerprint density at radius 2 is 1.63 bits per heavy atom. The minimum atomic E-state index is 0. The highest BCUT2D eigenvalue weighted by Gasteiger charge is 2.50. The van der Waals surface area contributed by atoms with Gasteiger partial charge in [0.25, 0.3) is 0 Å². The lowest BCUT2D eigenvalue weighted by Crippen LogP contribution is -2.50. The first-order valence-electron chi connectivity index (χ1n) is 11.5. The first-order valence-corrected chi connectivity index (χ1v) is 11.5. The van der Waals surface area contributed by atoms with Crippen molar-refractivity contribution in [3.63, 3.8) is 0 Å². The monoisotopic (exact) mass is 431 g/mol. The van der Waals surface area contributed by atoms with E-state index in [1.54, 1.807) is 0 Å². The molecule has 3 aliphatic carbocycles. The second kappa shape index (κ2) is 8.88. The Morgan fingerprint density at radius 1 is 0.967 bits per heavy atom. The van der Waals surface area contributed by atoms with Gasteiger partial charge in [-0.2, -0.15) is 0 Å². The summed E-state index contributed by atoms with van der Waals surface area (Å²) in [5.74, 6) is 1.69. The van der Waals surface area contributed by atoms with E-state index in [0.717, 1.165) is 32.1 Å². The van der Waals surface area contributed by atoms with Gasteiger partial charge in [0.15, 0.2) is 0 Å². The second-order valence-electron chi connectivity index (χ2n) is 9.72. The van der Waals surface area contributed by atoms with Gasteiger partial charge in [0.2, 0.25) is 11.8 Å². The molecule has 164 valence electrons. The molecule has 0 aromatic heterocycles. The third-order valence-electron chi connectivity index (χ3n) is 7.89. The standard InChI is InChI=1S/C24H33N3O2.ClH/c25-22-19-7-6-18(14-19)21(22)24(29)26-12-10-17(11-13-26)23(28)27(20-8-9-20)15-16-4-2-1-3-5-16;/h1-5,17-22H,6-15,25H2;1H. The molecular weight excluding hydrogens is 398 g/mol. The minimum Gasteiger partial charge on any atom is -0.342 e. The van der Waals surface area contributed by atoms with E-state index in [4.69, 9.17) is 5.73 Å². The van der Waals surface area contributed by atoms with Crippen LogP contribution in [0.2, 0.25) is 0 Å². The summed E-state index contributed by atoms with van der Waals surface area (Å²) >= 11 is 0. The maximum absolute atomic E-state index is 13.3. The molecule has 1 aromatic rings. The highest BCUT2D eigenvalue weighted by Crippen LogP contribution is 2.48. The zero-order valence-corrected chi connectivity index (χ0v) is 18.4. The SMILES string of the molecule is Cl.NC1C2CCC(C2)C1C(=O)N1CCC(C(=O)N(Cc2ccccc2)C2CC2)CC1. The van der Waals surface area contributed by atoms with Crippen molar-refractivity contribution >= 4 is 24.2 Å². The molecule has 3 saturated carbocycles. The van der Waals surface area contributed by atoms with Crippen LogP contribution >= 0.6 is 12.4 Å². The number of nitrogens with zero attached hydrogens (tertiary/aromatic N) is 2. The van der Waals surface area contributed by atoms with Crippen LogP contribution in [0.5, 0.6) is 0 Å². The molecule has 5 nitrogen and oxygen atoms in total. The number of amides is 2. The second-order valence-corrected chi connectivity index (χ2v) is 9.72. The molecule has 0 spiro atoms. The fourth-order valence-electron chi connectivity index (χ4n) is 6.05. The van der Waals surface area contributed by atoms with Crippen LogP contribution in [-0.2, 0) is 16.1 Å². The highest BCUT2D eigenvalue weighted by molar-refractivity contribution is 5.85. The third-order valence-corrected chi connectivity index (χ3v) is 7.89. The molecule has 2 N–H and O–H groups in total. The maximum atomic E-state index is 13.3. The molecule has 1 aliphatic heterocycles. The Balaban J connectivity index is 0.00000218. The van der Waals surface area contributed by atoms with E-state index in [0.29, 0.717) is 43.4 Å². The van der Waals surface area contributed by atoms with E-state index >= 15 is 0 Å². The number of hydrogen-bond donors (Lipinski definition) is 1. The normalized spacial score (nSPS) is 30.8. The number of rotatable bonds is 5. The van der Waals surface area contributed by atoms with Gasteiger partial charge in [-0.1, -0.05) is 30.3 Å². The van der Waals surface area contributed by atoms with Crippen molar-refractivity contribution in [1.82, 2.24) is 9.80 Å². The van der Waals surface area contributed by atoms with E-state index in [9.17, 15) is 9.59 Å². The average Bonchev–Trinajstić information content (AvgIpc) is 3.41. The van der Waals surface area contributed by atoms with Gasteiger partial charge in [0, 0.05) is 37.6 Å². The summed E-state index contributed by atoms with van der Waals surface area (Å²) in [7, 11) is 0. The lowest BCUT2D eigenvalue weighted by Gasteiger charge is -2.38. The van der Waals surface area contributed by atoms with Crippen molar-refractivity contribution in [3.05, 3.63) is 35.9 Å². The van der Waals surface area contributed by atoms with Crippen molar-refractivity contribution in [2.45, 2.75) is 63.6 Å². The zero-order valence-electron chi connectivity index (χ0n) is 17.6. The van der Waals surface area contributed by atoms with Gasteiger partial charge < -0.3 is 15.5 Å². The van der Waals surface area contributed by atoms with Crippen LogP contribution in [0.25, 0.3) is 0 Å². The number of nitrogens with two attached hydrogens (primary N) is 1. The molecule has 0 radical (unpaired) electrons. The Morgan fingerprint density at radius 3 is 2.23 bits per heavy atom. The van der Waals surface area contributed by atoms with Gasteiger partial charge in [-0.15, -0.1) is 12.4 Å². The Hall–Kier alpha value is -1.59. The Kier molecular flexibility index (Phi) is 6.40. The number of halogens is 1. The third kappa shape index (κ3) is 4.11. The fraction of sp³-hybridized carbons (Fsp3) is 0.667. The average molecular weight is 432 g/mol. The molecule has 4 unspecified atom stereocenters. The van der Waals surface area contributed by atoms with Gasteiger partial charge in [-0.05, 0) is 62.3 Å². The van der Waals surface area contributed by atoms with E-state index in [2.05, 4.69) is 17.0 Å². The number of benzene rings is 1. The van der Waals surface area contributed by atoms with Crippen LogP contribution < -0.4 is 5.73 Å². The molecule has 30 heavy (non-hydrogen) atoms. The summed E-state index contributed by atoms with van der Waals surface area (Å²) in [5.41, 5.74) is 7.59. The Labute approximate surface area is 185 Å². The molecule has 1 heterocycles. The van der Waals surface area contributed by atoms with E-state index in [-0.39, 0.29) is 36.2 Å². The van der Waals surface area contributed by atoms with Crippen LogP contribution in [0.15, 0.2) is 30.3 Å². The summed E-state index contributed by atoms with van der Waals surface area (Å²) in [5, 5.41) is 0. The van der Waals surface area contributed by atoms with Gasteiger partial charge in [-0.3, -0.25) is 9.59 Å². The topological polar surface area (TPSA) is 66.6 Å². The van der Waals surface area contributed by atoms with Crippen LogP contribution in [-0.4, -0.2) is 46.8 Å². The number of hydrogen-bond acceptors (Lipinski definition) is 3. The Bertz CT molecular complexity index is 759. The smallest absolute Gasteiger partial charge is 0.227 e. The number of piperidine rings is 1. The van der Waals surface area contributed by atoms with Crippen molar-refractivity contribution in [2.75, 3.05) is 13.1 Å². The summed E-state index contributed by atoms with van der Waals surface area (Å²) in [6.07, 6.45) is 7.33. The van der Waals surface area contributed by atoms with Crippen LogP contribution in [0.3, 0.4) is 0 Å². The van der Waals surface area contributed by atoms with Crippen molar-refractivity contribution in [3.8, 4) is 0 Å². The predicted octanol–water partition coefficient (Wildman–Crippen LogP) is 3.21. The van der Waals surface area contributed by atoms with Crippen molar-refractivity contribution < 1.29 is 9.59 Å². The molecular formula is C24H34ClN3O2. The van der Waals surface area contributed by atoms with Crippen molar-refractivity contribution in [1.29, 1.82) is 0 Å². The molecule has 4 aliphatic rings. The van der Waals surface area contributed by atoms with Crippen LogP contribution in [0.4, 0.5) is 0 Å². The number of carbonyl (C=O) groups is 2. The van der Waals surface area contributed by atoms with E-state index in [1.807, 2.05) is 23.1 Å². The first-order chi connectivity index (χ1) is 14.1. The molecule has 2 bridgehead atoms. The lowest BCUT2D eigenvalue weighted by molar-refractivity contribution is -0.144. The van der Waals surface area contributed by atoms with Crippen LogP contribution in [0.1, 0.15) is 50.5 Å². The molecule has 6 heteroatoms.